The second kappa shape index (κ2) is 4.27. The minimum absolute atomic E-state index is 0.0273. The van der Waals surface area contributed by atoms with Crippen molar-refractivity contribution in [2.45, 2.75) is 39.5 Å². The number of aryl methyl sites for hydroxylation is 2. The van der Waals surface area contributed by atoms with Crippen molar-refractivity contribution in [2.24, 2.45) is 5.41 Å². The van der Waals surface area contributed by atoms with E-state index in [4.69, 9.17) is 4.98 Å². The molecule has 0 atom stereocenters. The Labute approximate surface area is 125 Å². The summed E-state index contributed by atoms with van der Waals surface area (Å²) in [6.07, 6.45) is 3.56. The molecule has 0 fully saturated rings. The molecule has 0 aliphatic heterocycles. The minimum Gasteiger partial charge on any atom is -0.294 e. The summed E-state index contributed by atoms with van der Waals surface area (Å²) < 4.78 is 0. The first-order chi connectivity index (χ1) is 10.0. The van der Waals surface area contributed by atoms with Gasteiger partial charge in [-0.05, 0) is 41.9 Å². The summed E-state index contributed by atoms with van der Waals surface area (Å²) >= 11 is 0. The van der Waals surface area contributed by atoms with Gasteiger partial charge in [0.2, 0.25) is 0 Å². The highest BCUT2D eigenvalue weighted by Gasteiger charge is 2.33. The van der Waals surface area contributed by atoms with Crippen LogP contribution in [0.2, 0.25) is 0 Å². The van der Waals surface area contributed by atoms with Crippen LogP contribution < -0.4 is 0 Å². The Balaban J connectivity index is 1.92. The fourth-order valence-corrected chi connectivity index (χ4v) is 3.68. The summed E-state index contributed by atoms with van der Waals surface area (Å²) in [7, 11) is 0. The molecule has 1 heterocycles. The molecule has 2 nitrogen and oxygen atoms in total. The van der Waals surface area contributed by atoms with Gasteiger partial charge in [0.15, 0.2) is 5.78 Å². The van der Waals surface area contributed by atoms with E-state index >= 15 is 0 Å². The molecule has 21 heavy (non-hydrogen) atoms. The maximum absolute atomic E-state index is 12.4. The van der Waals surface area contributed by atoms with Crippen LogP contribution in [-0.2, 0) is 19.3 Å². The predicted octanol–water partition coefficient (Wildman–Crippen LogP) is 4.00. The van der Waals surface area contributed by atoms with Crippen molar-refractivity contribution >= 4 is 5.78 Å². The Morgan fingerprint density at radius 2 is 1.76 bits per heavy atom. The summed E-state index contributed by atoms with van der Waals surface area (Å²) in [5, 5.41) is 0. The number of carbonyl (C=O) groups is 1. The second-order valence-electron chi connectivity index (χ2n) is 7.09. The number of nitrogens with zero attached hydrogens (tertiary/aromatic N) is 1. The van der Waals surface area contributed by atoms with E-state index in [0.717, 1.165) is 36.2 Å². The Morgan fingerprint density at radius 3 is 2.62 bits per heavy atom. The third-order valence-electron chi connectivity index (χ3n) is 4.70. The molecule has 106 valence electrons. The molecule has 2 aliphatic rings. The van der Waals surface area contributed by atoms with Gasteiger partial charge in [-0.25, -0.2) is 0 Å². The van der Waals surface area contributed by atoms with Crippen molar-refractivity contribution in [1.29, 1.82) is 0 Å². The van der Waals surface area contributed by atoms with Crippen molar-refractivity contribution in [3.63, 3.8) is 0 Å². The Hall–Kier alpha value is -1.96. The van der Waals surface area contributed by atoms with Crippen LogP contribution in [0.25, 0.3) is 11.3 Å². The number of benzene rings is 1. The van der Waals surface area contributed by atoms with Crippen LogP contribution >= 0.6 is 0 Å². The van der Waals surface area contributed by atoms with Gasteiger partial charge in [-0.3, -0.25) is 9.78 Å². The summed E-state index contributed by atoms with van der Waals surface area (Å²) in [4.78, 5) is 17.3. The number of fused-ring (bicyclic) bond motifs is 4. The van der Waals surface area contributed by atoms with Gasteiger partial charge in [-0.15, -0.1) is 0 Å². The van der Waals surface area contributed by atoms with Crippen LogP contribution in [0.5, 0.6) is 0 Å². The van der Waals surface area contributed by atoms with E-state index in [1.165, 1.54) is 16.7 Å². The standard InChI is InChI=1S/C19H19NO/c1-19(2)10-16-15(17(21)11-19)9-13-8-7-12-5-3-4-6-14(12)18(13)20-16/h3-6,9H,7-8,10-11H2,1-2H3. The zero-order valence-electron chi connectivity index (χ0n) is 12.6. The number of Topliss-reactive ketones (excluding diaryl/α,β-unsaturated/α-hetero) is 1. The number of hydrogen-bond donors (Lipinski definition) is 0. The highest BCUT2D eigenvalue weighted by atomic mass is 16.1. The van der Waals surface area contributed by atoms with Crippen molar-refractivity contribution in [3.05, 3.63) is 52.7 Å². The number of aromatic nitrogens is 1. The van der Waals surface area contributed by atoms with Gasteiger partial charge in [0.05, 0.1) is 11.4 Å². The average molecular weight is 277 g/mol. The first-order valence-corrected chi connectivity index (χ1v) is 7.68. The first-order valence-electron chi connectivity index (χ1n) is 7.68. The van der Waals surface area contributed by atoms with Gasteiger partial charge in [-0.2, -0.15) is 0 Å². The van der Waals surface area contributed by atoms with Crippen molar-refractivity contribution in [1.82, 2.24) is 4.98 Å². The fraction of sp³-hybridized carbons (Fsp3) is 0.368. The summed E-state index contributed by atoms with van der Waals surface area (Å²) in [6, 6.07) is 10.6. The van der Waals surface area contributed by atoms with Gasteiger partial charge < -0.3 is 0 Å². The normalized spacial score (nSPS) is 18.7. The topological polar surface area (TPSA) is 30.0 Å². The van der Waals surface area contributed by atoms with E-state index < -0.39 is 0 Å². The molecule has 0 saturated heterocycles. The molecule has 1 aromatic heterocycles. The molecule has 1 aromatic carbocycles. The highest BCUT2D eigenvalue weighted by molar-refractivity contribution is 5.99. The molecule has 0 spiro atoms. The van der Waals surface area contributed by atoms with E-state index in [2.05, 4.69) is 44.2 Å². The van der Waals surface area contributed by atoms with Crippen LogP contribution in [0.15, 0.2) is 30.3 Å². The fourth-order valence-electron chi connectivity index (χ4n) is 3.68. The smallest absolute Gasteiger partial charge is 0.165 e. The first kappa shape index (κ1) is 12.8. The monoisotopic (exact) mass is 277 g/mol. The number of carbonyl (C=O) groups excluding carboxylic acids is 1. The zero-order chi connectivity index (χ0) is 14.6. The second-order valence-corrected chi connectivity index (χ2v) is 7.09. The zero-order valence-corrected chi connectivity index (χ0v) is 12.6. The van der Waals surface area contributed by atoms with E-state index in [1.807, 2.05) is 0 Å². The molecule has 0 amide bonds. The number of pyridine rings is 1. The largest absolute Gasteiger partial charge is 0.294 e. The molecule has 0 unspecified atom stereocenters. The van der Waals surface area contributed by atoms with Gasteiger partial charge in [0.1, 0.15) is 0 Å². The molecular formula is C19H19NO. The molecule has 4 rings (SSSR count). The van der Waals surface area contributed by atoms with Crippen molar-refractivity contribution < 1.29 is 4.79 Å². The average Bonchev–Trinajstić information content (AvgIpc) is 2.44. The molecule has 0 saturated carbocycles. The predicted molar refractivity (Wildman–Crippen MR) is 83.5 cm³/mol. The van der Waals surface area contributed by atoms with Crippen molar-refractivity contribution in [3.8, 4) is 11.3 Å². The quantitative estimate of drug-likeness (QED) is 0.728. The summed E-state index contributed by atoms with van der Waals surface area (Å²) in [5.74, 6) is 0.260. The molecule has 0 bridgehead atoms. The maximum atomic E-state index is 12.4. The summed E-state index contributed by atoms with van der Waals surface area (Å²) in [5.41, 5.74) is 6.84. The van der Waals surface area contributed by atoms with Crippen LogP contribution in [-0.4, -0.2) is 10.8 Å². The number of hydrogen-bond acceptors (Lipinski definition) is 2. The molecule has 2 heteroatoms. The van der Waals surface area contributed by atoms with Gasteiger partial charge in [0, 0.05) is 17.5 Å². The van der Waals surface area contributed by atoms with Gasteiger partial charge >= 0.3 is 0 Å². The lowest BCUT2D eigenvalue weighted by molar-refractivity contribution is 0.0910. The van der Waals surface area contributed by atoms with Crippen molar-refractivity contribution in [2.75, 3.05) is 0 Å². The van der Waals surface area contributed by atoms with Crippen LogP contribution in [0.3, 0.4) is 0 Å². The van der Waals surface area contributed by atoms with Crippen LogP contribution in [0, 0.1) is 5.41 Å². The van der Waals surface area contributed by atoms with Crippen LogP contribution in [0.4, 0.5) is 0 Å². The molecule has 0 radical (unpaired) electrons. The lowest BCUT2D eigenvalue weighted by atomic mass is 9.74. The highest BCUT2D eigenvalue weighted by Crippen LogP contribution is 2.38. The minimum atomic E-state index is 0.0273. The molecule has 2 aliphatic carbocycles. The Kier molecular flexibility index (Phi) is 2.59. The number of ketones is 1. The third kappa shape index (κ3) is 2.01. The van der Waals surface area contributed by atoms with Gasteiger partial charge in [-0.1, -0.05) is 38.1 Å². The van der Waals surface area contributed by atoms with Gasteiger partial charge in [0.25, 0.3) is 0 Å². The van der Waals surface area contributed by atoms with Crippen LogP contribution in [0.1, 0.15) is 47.4 Å². The Morgan fingerprint density at radius 1 is 1.00 bits per heavy atom. The summed E-state index contributed by atoms with van der Waals surface area (Å²) in [6.45, 7) is 4.31. The molecular weight excluding hydrogens is 258 g/mol. The number of rotatable bonds is 0. The lowest BCUT2D eigenvalue weighted by Crippen LogP contribution is -2.28. The van der Waals surface area contributed by atoms with E-state index in [1.54, 1.807) is 0 Å². The third-order valence-corrected chi connectivity index (χ3v) is 4.70. The lowest BCUT2D eigenvalue weighted by Gasteiger charge is -2.31. The van der Waals surface area contributed by atoms with E-state index in [0.29, 0.717) is 6.42 Å². The molecule has 0 N–H and O–H groups in total. The maximum Gasteiger partial charge on any atom is 0.165 e. The Bertz CT molecular complexity index is 758. The molecule has 2 aromatic rings. The van der Waals surface area contributed by atoms with E-state index in [9.17, 15) is 4.79 Å². The van der Waals surface area contributed by atoms with E-state index in [-0.39, 0.29) is 11.2 Å². The SMILES string of the molecule is CC1(C)CC(=O)c2cc3c(nc2C1)-c1ccccc1CC3.